The van der Waals surface area contributed by atoms with Crippen molar-refractivity contribution in [3.8, 4) is 11.5 Å². The second kappa shape index (κ2) is 12.4. The number of methoxy groups -OCH3 is 2. The van der Waals surface area contributed by atoms with Crippen molar-refractivity contribution in [3.05, 3.63) is 17.7 Å². The molecule has 0 radical (unpaired) electrons. The van der Waals surface area contributed by atoms with Crippen molar-refractivity contribution in [2.24, 2.45) is 0 Å². The number of rotatable bonds is 6. The predicted octanol–water partition coefficient (Wildman–Crippen LogP) is 3.44. The van der Waals surface area contributed by atoms with E-state index >= 15 is 0 Å². The maximum absolute atomic E-state index is 11.1. The van der Waals surface area contributed by atoms with E-state index in [4.69, 9.17) is 9.47 Å². The van der Waals surface area contributed by atoms with Gasteiger partial charge in [0, 0.05) is 25.3 Å². The van der Waals surface area contributed by atoms with E-state index in [9.17, 15) is 9.90 Å². The molecule has 2 atom stereocenters. The summed E-state index contributed by atoms with van der Waals surface area (Å²) in [6.07, 6.45) is 1.77. The molecule has 1 aliphatic heterocycles. The normalized spacial score (nSPS) is 16.5. The number of ether oxygens (including phenoxy) is 2. The minimum Gasteiger partial charge on any atom is -0.493 e. The van der Waals surface area contributed by atoms with Gasteiger partial charge >= 0.3 is 0 Å². The number of aliphatic hydroxyl groups excluding tert-OH is 1. The van der Waals surface area contributed by atoms with Gasteiger partial charge in [0.1, 0.15) is 6.23 Å². The van der Waals surface area contributed by atoms with Crippen molar-refractivity contribution in [1.29, 1.82) is 0 Å². The number of likely N-dealkylation sites (tertiary alicyclic amines) is 1. The van der Waals surface area contributed by atoms with Crippen LogP contribution in [0.1, 0.15) is 46.1 Å². The van der Waals surface area contributed by atoms with Gasteiger partial charge in [-0.1, -0.05) is 27.7 Å². The second-order valence-corrected chi connectivity index (χ2v) is 5.57. The van der Waals surface area contributed by atoms with Gasteiger partial charge < -0.3 is 24.4 Å². The van der Waals surface area contributed by atoms with Crippen molar-refractivity contribution >= 4 is 12.1 Å². The standard InChI is InChI=1S/C16H24N2O4.2C2H6/c1-11-8-14(21-3)15(22-4)9-13(11)17(2)16(20)12-6-5-7-18(12)10-19;2*1-2/h8-10,12,16,20H,5-7H2,1-4H3;2*1-2H3. The molecule has 1 amide bonds. The highest BCUT2D eigenvalue weighted by Crippen LogP contribution is 2.35. The fraction of sp³-hybridized carbons (Fsp3) is 0.650. The molecule has 1 heterocycles. The van der Waals surface area contributed by atoms with Crippen molar-refractivity contribution in [2.75, 3.05) is 32.7 Å². The van der Waals surface area contributed by atoms with Gasteiger partial charge in [0.2, 0.25) is 6.41 Å². The number of likely N-dealkylation sites (N-methyl/N-ethyl adjacent to an activating group) is 1. The van der Waals surface area contributed by atoms with Crippen LogP contribution in [0.15, 0.2) is 12.1 Å². The third kappa shape index (κ3) is 5.53. The van der Waals surface area contributed by atoms with Crippen LogP contribution in [0.5, 0.6) is 11.5 Å². The Hall–Kier alpha value is -1.95. The maximum atomic E-state index is 11.1. The van der Waals surface area contributed by atoms with Crippen LogP contribution in [0, 0.1) is 6.92 Å². The molecule has 1 aliphatic rings. The topological polar surface area (TPSA) is 62.2 Å². The molecule has 150 valence electrons. The fourth-order valence-electron chi connectivity index (χ4n) is 3.02. The van der Waals surface area contributed by atoms with Gasteiger partial charge in [-0.2, -0.15) is 0 Å². The first-order chi connectivity index (χ1) is 12.5. The molecule has 26 heavy (non-hydrogen) atoms. The lowest BCUT2D eigenvalue weighted by Gasteiger charge is -2.34. The van der Waals surface area contributed by atoms with E-state index in [1.54, 1.807) is 24.0 Å². The SMILES string of the molecule is CC.CC.COc1cc(C)c(N(C)C(O)C2CCCN2C=O)cc1OC. The number of benzene rings is 1. The number of hydrogen-bond acceptors (Lipinski definition) is 5. The Morgan fingerprint density at radius 2 is 1.73 bits per heavy atom. The number of aliphatic hydroxyl groups is 1. The number of nitrogens with zero attached hydrogens (tertiary/aromatic N) is 2. The summed E-state index contributed by atoms with van der Waals surface area (Å²) in [7, 11) is 4.99. The summed E-state index contributed by atoms with van der Waals surface area (Å²) in [6.45, 7) is 10.6. The van der Waals surface area contributed by atoms with E-state index in [1.165, 1.54) is 0 Å². The van der Waals surface area contributed by atoms with Gasteiger partial charge in [0.15, 0.2) is 11.5 Å². The fourth-order valence-corrected chi connectivity index (χ4v) is 3.02. The van der Waals surface area contributed by atoms with E-state index in [-0.39, 0.29) is 6.04 Å². The van der Waals surface area contributed by atoms with Crippen molar-refractivity contribution in [1.82, 2.24) is 4.90 Å². The summed E-state index contributed by atoms with van der Waals surface area (Å²) < 4.78 is 10.6. The molecule has 1 aromatic rings. The van der Waals surface area contributed by atoms with E-state index in [1.807, 2.05) is 53.8 Å². The first kappa shape index (κ1) is 24.1. The minimum absolute atomic E-state index is 0.185. The summed E-state index contributed by atoms with van der Waals surface area (Å²) in [5.41, 5.74) is 1.82. The average Bonchev–Trinajstić information content (AvgIpc) is 3.18. The summed E-state index contributed by atoms with van der Waals surface area (Å²) in [5, 5.41) is 10.6. The largest absolute Gasteiger partial charge is 0.493 e. The molecule has 6 nitrogen and oxygen atoms in total. The Labute approximate surface area is 158 Å². The summed E-state index contributed by atoms with van der Waals surface area (Å²) in [4.78, 5) is 14.5. The monoisotopic (exact) mass is 368 g/mol. The molecule has 2 unspecified atom stereocenters. The Morgan fingerprint density at radius 1 is 1.19 bits per heavy atom. The minimum atomic E-state index is -0.760. The number of aryl methyl sites for hydroxylation is 1. The average molecular weight is 369 g/mol. The molecule has 1 N–H and O–H groups in total. The van der Waals surface area contributed by atoms with E-state index < -0.39 is 6.23 Å². The highest BCUT2D eigenvalue weighted by atomic mass is 16.5. The Balaban J connectivity index is 0.00000146. The zero-order valence-electron chi connectivity index (χ0n) is 17.6. The van der Waals surface area contributed by atoms with Crippen LogP contribution in [0.2, 0.25) is 0 Å². The van der Waals surface area contributed by atoms with Gasteiger partial charge in [-0.3, -0.25) is 4.79 Å². The quantitative estimate of drug-likeness (QED) is 0.616. The second-order valence-electron chi connectivity index (χ2n) is 5.57. The Morgan fingerprint density at radius 3 is 2.23 bits per heavy atom. The van der Waals surface area contributed by atoms with Crippen LogP contribution in [0.4, 0.5) is 5.69 Å². The van der Waals surface area contributed by atoms with Crippen LogP contribution in [-0.4, -0.2) is 56.5 Å². The van der Waals surface area contributed by atoms with Crippen molar-refractivity contribution in [2.45, 2.75) is 59.7 Å². The summed E-state index contributed by atoms with van der Waals surface area (Å²) in [5.74, 6) is 1.27. The van der Waals surface area contributed by atoms with Crippen molar-refractivity contribution < 1.29 is 19.4 Å². The lowest BCUT2D eigenvalue weighted by atomic mass is 10.1. The molecule has 0 spiro atoms. The molecule has 1 saturated heterocycles. The van der Waals surface area contributed by atoms with E-state index in [0.29, 0.717) is 18.0 Å². The van der Waals surface area contributed by atoms with E-state index in [2.05, 4.69) is 0 Å². The number of anilines is 1. The summed E-state index contributed by atoms with van der Waals surface area (Å²) >= 11 is 0. The third-order valence-electron chi connectivity index (χ3n) is 4.30. The molecule has 1 fully saturated rings. The molecule has 6 heteroatoms. The van der Waals surface area contributed by atoms with Crippen molar-refractivity contribution in [3.63, 3.8) is 0 Å². The highest BCUT2D eigenvalue weighted by molar-refractivity contribution is 5.62. The van der Waals surface area contributed by atoms with Crippen LogP contribution in [0.25, 0.3) is 0 Å². The molecular weight excluding hydrogens is 332 g/mol. The number of carbonyl (C=O) groups excluding carboxylic acids is 1. The molecular formula is C20H36N2O4. The highest BCUT2D eigenvalue weighted by Gasteiger charge is 2.32. The van der Waals surface area contributed by atoms with Crippen LogP contribution in [-0.2, 0) is 4.79 Å². The zero-order valence-corrected chi connectivity index (χ0v) is 17.6. The lowest BCUT2D eigenvalue weighted by molar-refractivity contribution is -0.120. The van der Waals surface area contributed by atoms with Gasteiger partial charge in [0.05, 0.1) is 20.3 Å². The molecule has 0 aliphatic carbocycles. The number of carbonyl (C=O) groups is 1. The van der Waals surface area contributed by atoms with Gasteiger partial charge in [0.25, 0.3) is 0 Å². The first-order valence-corrected chi connectivity index (χ1v) is 9.38. The zero-order chi connectivity index (χ0) is 20.3. The lowest BCUT2D eigenvalue weighted by Crippen LogP contribution is -2.47. The van der Waals surface area contributed by atoms with Gasteiger partial charge in [-0.25, -0.2) is 0 Å². The maximum Gasteiger partial charge on any atom is 0.210 e. The number of hydrogen-bond donors (Lipinski definition) is 1. The van der Waals surface area contributed by atoms with E-state index in [0.717, 1.165) is 30.5 Å². The Kier molecular flexibility index (Phi) is 11.5. The molecule has 0 aromatic heterocycles. The van der Waals surface area contributed by atoms with Gasteiger partial charge in [-0.15, -0.1) is 0 Å². The van der Waals surface area contributed by atoms with Crippen LogP contribution < -0.4 is 14.4 Å². The van der Waals surface area contributed by atoms with Crippen LogP contribution in [0.3, 0.4) is 0 Å². The predicted molar refractivity (Wildman–Crippen MR) is 107 cm³/mol. The number of amides is 1. The van der Waals surface area contributed by atoms with Crippen LogP contribution >= 0.6 is 0 Å². The van der Waals surface area contributed by atoms with Gasteiger partial charge in [-0.05, 0) is 31.4 Å². The smallest absolute Gasteiger partial charge is 0.210 e. The summed E-state index contributed by atoms with van der Waals surface area (Å²) in [6, 6.07) is 3.54. The molecule has 2 rings (SSSR count). The first-order valence-electron chi connectivity index (χ1n) is 9.38. The molecule has 1 aromatic carbocycles. The molecule has 0 saturated carbocycles. The Bertz CT molecular complexity index is 537. The third-order valence-corrected chi connectivity index (χ3v) is 4.30. The molecule has 0 bridgehead atoms.